The summed E-state index contributed by atoms with van der Waals surface area (Å²) >= 11 is 0. The summed E-state index contributed by atoms with van der Waals surface area (Å²) < 4.78 is 7.12. The molecule has 0 amide bonds. The Hall–Kier alpha value is -4.12. The van der Waals surface area contributed by atoms with Crippen LogP contribution in [0, 0.1) is 0 Å². The van der Waals surface area contributed by atoms with Crippen molar-refractivity contribution in [1.29, 1.82) is 0 Å². The molecule has 0 saturated carbocycles. The molecule has 0 aliphatic heterocycles. The monoisotopic (exact) mass is 392 g/mol. The fraction of sp³-hybridized carbons (Fsp3) is 0.0400. The lowest BCUT2D eigenvalue weighted by atomic mass is 10.1. The van der Waals surface area contributed by atoms with Gasteiger partial charge in [0.15, 0.2) is 5.82 Å². The van der Waals surface area contributed by atoms with Crippen molar-refractivity contribution in [3.05, 3.63) is 97.1 Å². The quantitative estimate of drug-likeness (QED) is 0.408. The number of rotatable bonds is 5. The van der Waals surface area contributed by atoms with E-state index < -0.39 is 0 Å². The first-order chi connectivity index (χ1) is 14.8. The molecule has 5 aromatic rings. The van der Waals surface area contributed by atoms with Crippen LogP contribution in [-0.4, -0.2) is 21.9 Å². The molecular formula is C25H20N4O. The lowest BCUT2D eigenvalue weighted by Gasteiger charge is -2.09. The lowest BCUT2D eigenvalue weighted by molar-refractivity contribution is 0.415. The highest BCUT2D eigenvalue weighted by Gasteiger charge is 2.13. The van der Waals surface area contributed by atoms with E-state index in [0.717, 1.165) is 45.2 Å². The van der Waals surface area contributed by atoms with Gasteiger partial charge in [0, 0.05) is 22.7 Å². The van der Waals surface area contributed by atoms with Gasteiger partial charge in [0.1, 0.15) is 11.6 Å². The number of hydrogen-bond acceptors (Lipinski definition) is 4. The number of aromatic nitrogens is 3. The second kappa shape index (κ2) is 7.72. The van der Waals surface area contributed by atoms with Crippen molar-refractivity contribution < 1.29 is 4.74 Å². The van der Waals surface area contributed by atoms with Gasteiger partial charge in [-0.15, -0.1) is 0 Å². The molecule has 5 nitrogen and oxygen atoms in total. The fourth-order valence-corrected chi connectivity index (χ4v) is 3.39. The van der Waals surface area contributed by atoms with Crippen molar-refractivity contribution in [2.45, 2.75) is 0 Å². The highest BCUT2D eigenvalue weighted by molar-refractivity contribution is 5.79. The number of methoxy groups -OCH3 is 1. The smallest absolute Gasteiger partial charge is 0.156 e. The Morgan fingerprint density at radius 3 is 2.37 bits per heavy atom. The summed E-state index contributed by atoms with van der Waals surface area (Å²) in [6.07, 6.45) is 0. The number of benzene rings is 3. The molecule has 0 aliphatic rings. The van der Waals surface area contributed by atoms with Gasteiger partial charge >= 0.3 is 0 Å². The van der Waals surface area contributed by atoms with Crippen molar-refractivity contribution in [3.63, 3.8) is 0 Å². The molecule has 0 bridgehead atoms. The Bertz CT molecular complexity index is 1290. The van der Waals surface area contributed by atoms with Gasteiger partial charge in [-0.25, -0.2) is 4.98 Å². The molecule has 0 aliphatic carbocycles. The van der Waals surface area contributed by atoms with E-state index in [2.05, 4.69) is 17.4 Å². The summed E-state index contributed by atoms with van der Waals surface area (Å²) in [5.74, 6) is 2.42. The molecular weight excluding hydrogens is 372 g/mol. The summed E-state index contributed by atoms with van der Waals surface area (Å²) in [4.78, 5) is 4.82. The van der Waals surface area contributed by atoms with E-state index in [1.807, 2.05) is 89.6 Å². The predicted molar refractivity (Wildman–Crippen MR) is 121 cm³/mol. The van der Waals surface area contributed by atoms with Crippen LogP contribution in [0.5, 0.6) is 5.75 Å². The Morgan fingerprint density at radius 2 is 1.57 bits per heavy atom. The molecule has 2 heterocycles. The molecule has 1 N–H and O–H groups in total. The van der Waals surface area contributed by atoms with Crippen molar-refractivity contribution in [1.82, 2.24) is 14.8 Å². The van der Waals surface area contributed by atoms with Gasteiger partial charge in [0.2, 0.25) is 0 Å². The van der Waals surface area contributed by atoms with Gasteiger partial charge in [-0.05, 0) is 54.6 Å². The molecule has 0 radical (unpaired) electrons. The molecule has 146 valence electrons. The SMILES string of the molecule is COc1ccc(-c2cc(Nc3ccccc3)n(-c3ccc4ccccc4n3)n2)cc1. The molecule has 2 aromatic heterocycles. The van der Waals surface area contributed by atoms with Crippen LogP contribution in [0.2, 0.25) is 0 Å². The third-order valence-corrected chi connectivity index (χ3v) is 4.94. The molecule has 0 saturated heterocycles. The molecule has 0 unspecified atom stereocenters. The van der Waals surface area contributed by atoms with Gasteiger partial charge in [0.05, 0.1) is 18.3 Å². The van der Waals surface area contributed by atoms with Crippen molar-refractivity contribution in [3.8, 4) is 22.8 Å². The summed E-state index contributed by atoms with van der Waals surface area (Å²) in [7, 11) is 1.66. The third kappa shape index (κ3) is 3.49. The molecule has 30 heavy (non-hydrogen) atoms. The minimum Gasteiger partial charge on any atom is -0.497 e. The van der Waals surface area contributed by atoms with Crippen LogP contribution in [0.3, 0.4) is 0 Å². The van der Waals surface area contributed by atoms with Crippen molar-refractivity contribution >= 4 is 22.4 Å². The van der Waals surface area contributed by atoms with Crippen LogP contribution in [-0.2, 0) is 0 Å². The van der Waals surface area contributed by atoms with Gasteiger partial charge in [0.25, 0.3) is 0 Å². The zero-order valence-corrected chi connectivity index (χ0v) is 16.5. The second-order valence-electron chi connectivity index (χ2n) is 6.91. The van der Waals surface area contributed by atoms with E-state index >= 15 is 0 Å². The van der Waals surface area contributed by atoms with Gasteiger partial charge in [-0.1, -0.05) is 36.4 Å². The normalized spacial score (nSPS) is 10.8. The van der Waals surface area contributed by atoms with Crippen LogP contribution in [0.25, 0.3) is 28.0 Å². The molecule has 0 fully saturated rings. The number of nitrogens with one attached hydrogen (secondary N) is 1. The van der Waals surface area contributed by atoms with Crippen LogP contribution < -0.4 is 10.1 Å². The van der Waals surface area contributed by atoms with E-state index in [0.29, 0.717) is 0 Å². The summed E-state index contributed by atoms with van der Waals surface area (Å²) in [6.45, 7) is 0. The Balaban J connectivity index is 1.61. The Kier molecular flexibility index (Phi) is 4.62. The van der Waals surface area contributed by atoms with Gasteiger partial charge in [-0.2, -0.15) is 9.78 Å². The number of pyridine rings is 1. The average molecular weight is 392 g/mol. The highest BCUT2D eigenvalue weighted by atomic mass is 16.5. The number of fused-ring (bicyclic) bond motifs is 1. The van der Waals surface area contributed by atoms with Crippen LogP contribution in [0.15, 0.2) is 97.1 Å². The predicted octanol–water partition coefficient (Wildman–Crippen LogP) is 5.84. The second-order valence-corrected chi connectivity index (χ2v) is 6.91. The zero-order valence-electron chi connectivity index (χ0n) is 16.5. The molecule has 0 atom stereocenters. The molecule has 3 aromatic carbocycles. The van der Waals surface area contributed by atoms with Gasteiger partial charge in [-0.3, -0.25) is 0 Å². The molecule has 5 heteroatoms. The maximum Gasteiger partial charge on any atom is 0.156 e. The maximum absolute atomic E-state index is 5.28. The first-order valence-corrected chi connectivity index (χ1v) is 9.73. The minimum atomic E-state index is 0.756. The third-order valence-electron chi connectivity index (χ3n) is 4.94. The van der Waals surface area contributed by atoms with Gasteiger partial charge < -0.3 is 10.1 Å². The summed E-state index contributed by atoms with van der Waals surface area (Å²) in [5.41, 5.74) is 3.78. The minimum absolute atomic E-state index is 0.756. The van der Waals surface area contributed by atoms with E-state index in [1.54, 1.807) is 7.11 Å². The van der Waals surface area contributed by atoms with Crippen LogP contribution in [0.1, 0.15) is 0 Å². The molecule has 5 rings (SSSR count). The number of nitrogens with zero attached hydrogens (tertiary/aromatic N) is 3. The van der Waals surface area contributed by atoms with Crippen molar-refractivity contribution in [2.24, 2.45) is 0 Å². The lowest BCUT2D eigenvalue weighted by Crippen LogP contribution is -2.04. The maximum atomic E-state index is 5.28. The topological polar surface area (TPSA) is 52.0 Å². The summed E-state index contributed by atoms with van der Waals surface area (Å²) in [6, 6.07) is 32.1. The fourth-order valence-electron chi connectivity index (χ4n) is 3.39. The Morgan fingerprint density at radius 1 is 0.800 bits per heavy atom. The van der Waals surface area contributed by atoms with E-state index in [4.69, 9.17) is 14.8 Å². The average Bonchev–Trinajstić information content (AvgIpc) is 3.23. The summed E-state index contributed by atoms with van der Waals surface area (Å²) in [5, 5.41) is 9.43. The first kappa shape index (κ1) is 17.9. The van der Waals surface area contributed by atoms with E-state index in [9.17, 15) is 0 Å². The number of hydrogen-bond donors (Lipinski definition) is 1. The number of anilines is 2. The standard InChI is InChI=1S/C25H20N4O/c1-30-21-14-11-19(12-15-21)23-17-25(26-20-8-3-2-4-9-20)29(28-23)24-16-13-18-7-5-6-10-22(18)27-24/h2-17,26H,1H3. The highest BCUT2D eigenvalue weighted by Crippen LogP contribution is 2.28. The van der Waals surface area contributed by atoms with Crippen LogP contribution in [0.4, 0.5) is 11.5 Å². The number of para-hydroxylation sites is 2. The Labute approximate surface area is 174 Å². The molecule has 0 spiro atoms. The van der Waals surface area contributed by atoms with E-state index in [1.165, 1.54) is 0 Å². The van der Waals surface area contributed by atoms with E-state index in [-0.39, 0.29) is 0 Å². The van der Waals surface area contributed by atoms with Crippen LogP contribution >= 0.6 is 0 Å². The zero-order chi connectivity index (χ0) is 20.3. The first-order valence-electron chi connectivity index (χ1n) is 9.73. The number of ether oxygens (including phenoxy) is 1. The van der Waals surface area contributed by atoms with Crippen molar-refractivity contribution in [2.75, 3.05) is 12.4 Å². The largest absolute Gasteiger partial charge is 0.497 e.